The van der Waals surface area contributed by atoms with Crippen LogP contribution in [0.1, 0.15) is 31.8 Å². The molecular weight excluding hydrogens is 440 g/mol. The number of benzene rings is 3. The number of aryl methyl sites for hydroxylation is 1. The fourth-order valence-electron chi connectivity index (χ4n) is 4.19. The molecule has 0 aliphatic carbocycles. The third-order valence-corrected chi connectivity index (χ3v) is 6.07. The standard InChI is InChI=1S/C28H22N4O3/c1-16-13-19(11-12-20(16)28(34)35)24-14-22-25(29-15-30-26(22)31-24)21-9-6-10-23(17(21)2)32-27(33)18-7-4-3-5-8-18/h3-15H,1-2H3,(H,32,33)(H,34,35)(H,29,30,31). The van der Waals surface area contributed by atoms with Gasteiger partial charge in [0.15, 0.2) is 0 Å². The predicted octanol–water partition coefficient (Wildman–Crippen LogP) is 5.86. The predicted molar refractivity (Wildman–Crippen MR) is 136 cm³/mol. The number of carboxylic acid groups (broad SMARTS) is 1. The molecule has 0 unspecified atom stereocenters. The van der Waals surface area contributed by atoms with E-state index in [1.165, 1.54) is 6.33 Å². The Hall–Kier alpha value is -4.78. The average molecular weight is 463 g/mol. The van der Waals surface area contributed by atoms with Gasteiger partial charge in [0.2, 0.25) is 0 Å². The van der Waals surface area contributed by atoms with Crippen molar-refractivity contribution in [1.82, 2.24) is 15.0 Å². The summed E-state index contributed by atoms with van der Waals surface area (Å²) in [7, 11) is 0. The maximum absolute atomic E-state index is 12.7. The van der Waals surface area contributed by atoms with Gasteiger partial charge in [-0.05, 0) is 66.9 Å². The Morgan fingerprint density at radius 3 is 2.46 bits per heavy atom. The van der Waals surface area contributed by atoms with Gasteiger partial charge in [-0.2, -0.15) is 0 Å². The van der Waals surface area contributed by atoms with E-state index in [1.54, 1.807) is 31.2 Å². The van der Waals surface area contributed by atoms with Crippen molar-refractivity contribution in [3.8, 4) is 22.5 Å². The lowest BCUT2D eigenvalue weighted by Crippen LogP contribution is -2.12. The van der Waals surface area contributed by atoms with E-state index in [1.807, 2.05) is 55.5 Å². The van der Waals surface area contributed by atoms with E-state index in [9.17, 15) is 14.7 Å². The smallest absolute Gasteiger partial charge is 0.335 e. The van der Waals surface area contributed by atoms with Crippen LogP contribution in [0.3, 0.4) is 0 Å². The highest BCUT2D eigenvalue weighted by molar-refractivity contribution is 6.05. The molecule has 0 bridgehead atoms. The molecule has 7 heteroatoms. The molecule has 2 heterocycles. The van der Waals surface area contributed by atoms with Crippen LogP contribution < -0.4 is 5.32 Å². The Morgan fingerprint density at radius 2 is 1.71 bits per heavy atom. The number of fused-ring (bicyclic) bond motifs is 1. The van der Waals surface area contributed by atoms with Crippen LogP contribution in [0.25, 0.3) is 33.5 Å². The van der Waals surface area contributed by atoms with Gasteiger partial charge in [0.05, 0.1) is 11.3 Å². The van der Waals surface area contributed by atoms with Crippen LogP contribution in [0, 0.1) is 13.8 Å². The molecule has 2 aromatic heterocycles. The van der Waals surface area contributed by atoms with E-state index in [0.29, 0.717) is 22.5 Å². The molecule has 5 aromatic rings. The number of aromatic amines is 1. The number of carboxylic acids is 1. The molecule has 0 aliphatic heterocycles. The van der Waals surface area contributed by atoms with Crippen LogP contribution in [0.15, 0.2) is 79.1 Å². The van der Waals surface area contributed by atoms with Crippen LogP contribution in [0.4, 0.5) is 5.69 Å². The number of hydrogen-bond donors (Lipinski definition) is 3. The van der Waals surface area contributed by atoms with E-state index < -0.39 is 5.97 Å². The molecule has 0 saturated heterocycles. The Labute approximate surface area is 201 Å². The molecule has 7 nitrogen and oxygen atoms in total. The summed E-state index contributed by atoms with van der Waals surface area (Å²) in [6, 6.07) is 22.0. The van der Waals surface area contributed by atoms with E-state index >= 15 is 0 Å². The molecule has 0 atom stereocenters. The fourth-order valence-corrected chi connectivity index (χ4v) is 4.19. The number of nitrogens with zero attached hydrogens (tertiary/aromatic N) is 2. The van der Waals surface area contributed by atoms with Gasteiger partial charge >= 0.3 is 5.97 Å². The number of amides is 1. The highest BCUT2D eigenvalue weighted by atomic mass is 16.4. The Kier molecular flexibility index (Phi) is 5.58. The van der Waals surface area contributed by atoms with Crippen LogP contribution >= 0.6 is 0 Å². The zero-order valence-electron chi connectivity index (χ0n) is 19.2. The number of carbonyl (C=O) groups excluding carboxylic acids is 1. The second kappa shape index (κ2) is 8.87. The van der Waals surface area contributed by atoms with Crippen LogP contribution in [0.5, 0.6) is 0 Å². The fraction of sp³-hybridized carbons (Fsp3) is 0.0714. The topological polar surface area (TPSA) is 108 Å². The third-order valence-electron chi connectivity index (χ3n) is 6.07. The van der Waals surface area contributed by atoms with Crippen molar-refractivity contribution in [2.75, 3.05) is 5.32 Å². The molecule has 172 valence electrons. The minimum atomic E-state index is -0.950. The first-order valence-electron chi connectivity index (χ1n) is 11.1. The van der Waals surface area contributed by atoms with Gasteiger partial charge in [-0.15, -0.1) is 0 Å². The van der Waals surface area contributed by atoms with Crippen LogP contribution in [-0.4, -0.2) is 31.9 Å². The van der Waals surface area contributed by atoms with Gasteiger partial charge in [-0.1, -0.05) is 36.4 Å². The molecular formula is C28H22N4O3. The lowest BCUT2D eigenvalue weighted by atomic mass is 10.0. The molecule has 3 N–H and O–H groups in total. The number of H-pyrrole nitrogens is 1. The highest BCUT2D eigenvalue weighted by Crippen LogP contribution is 2.34. The van der Waals surface area contributed by atoms with E-state index in [2.05, 4.69) is 20.3 Å². The number of carbonyl (C=O) groups is 2. The Bertz CT molecular complexity index is 1590. The van der Waals surface area contributed by atoms with Crippen molar-refractivity contribution < 1.29 is 14.7 Å². The zero-order valence-corrected chi connectivity index (χ0v) is 19.2. The highest BCUT2D eigenvalue weighted by Gasteiger charge is 2.16. The van der Waals surface area contributed by atoms with Crippen molar-refractivity contribution in [3.05, 3.63) is 101 Å². The first kappa shape index (κ1) is 22.0. The summed E-state index contributed by atoms with van der Waals surface area (Å²) < 4.78 is 0. The summed E-state index contributed by atoms with van der Waals surface area (Å²) >= 11 is 0. The molecule has 0 spiro atoms. The Balaban J connectivity index is 1.54. The summed E-state index contributed by atoms with van der Waals surface area (Å²) in [4.78, 5) is 36.3. The van der Waals surface area contributed by atoms with Crippen LogP contribution in [0.2, 0.25) is 0 Å². The molecule has 0 aliphatic rings. The monoisotopic (exact) mass is 462 g/mol. The second-order valence-electron chi connectivity index (χ2n) is 8.30. The lowest BCUT2D eigenvalue weighted by Gasteiger charge is -2.13. The number of aromatic nitrogens is 3. The molecule has 1 amide bonds. The van der Waals surface area contributed by atoms with Crippen molar-refractivity contribution in [1.29, 1.82) is 0 Å². The van der Waals surface area contributed by atoms with Gasteiger partial charge in [0, 0.05) is 27.9 Å². The van der Waals surface area contributed by atoms with Gasteiger partial charge in [-0.3, -0.25) is 4.79 Å². The van der Waals surface area contributed by atoms with E-state index in [4.69, 9.17) is 0 Å². The third kappa shape index (κ3) is 4.15. The first-order chi connectivity index (χ1) is 16.9. The summed E-state index contributed by atoms with van der Waals surface area (Å²) in [5, 5.41) is 13.1. The lowest BCUT2D eigenvalue weighted by molar-refractivity contribution is 0.0696. The molecule has 0 fully saturated rings. The molecule has 0 saturated carbocycles. The van der Waals surface area contributed by atoms with E-state index in [0.717, 1.165) is 33.5 Å². The maximum atomic E-state index is 12.7. The quantitative estimate of drug-likeness (QED) is 0.303. The number of anilines is 1. The van der Waals surface area contributed by atoms with Gasteiger partial charge in [0.1, 0.15) is 12.0 Å². The molecule has 5 rings (SSSR count). The normalized spacial score (nSPS) is 10.9. The van der Waals surface area contributed by atoms with Crippen molar-refractivity contribution in [2.24, 2.45) is 0 Å². The number of nitrogens with one attached hydrogen (secondary N) is 2. The number of aromatic carboxylic acids is 1. The zero-order chi connectivity index (χ0) is 24.5. The maximum Gasteiger partial charge on any atom is 0.335 e. The van der Waals surface area contributed by atoms with Crippen molar-refractivity contribution in [2.45, 2.75) is 13.8 Å². The summed E-state index contributed by atoms with van der Waals surface area (Å²) in [5.41, 5.74) is 7.10. The SMILES string of the molecule is Cc1cc(-c2cc3c(-c4cccc(NC(=O)c5ccccc5)c4C)ncnc3[nH]2)ccc1C(=O)O. The minimum absolute atomic E-state index is 0.178. The second-order valence-corrected chi connectivity index (χ2v) is 8.30. The molecule has 0 radical (unpaired) electrons. The minimum Gasteiger partial charge on any atom is -0.478 e. The summed E-state index contributed by atoms with van der Waals surface area (Å²) in [5.74, 6) is -1.13. The Morgan fingerprint density at radius 1 is 0.914 bits per heavy atom. The average Bonchev–Trinajstić information content (AvgIpc) is 3.30. The van der Waals surface area contributed by atoms with Crippen molar-refractivity contribution in [3.63, 3.8) is 0 Å². The van der Waals surface area contributed by atoms with Crippen molar-refractivity contribution >= 4 is 28.6 Å². The number of hydrogen-bond acceptors (Lipinski definition) is 4. The largest absolute Gasteiger partial charge is 0.478 e. The van der Waals surface area contributed by atoms with E-state index in [-0.39, 0.29) is 11.5 Å². The van der Waals surface area contributed by atoms with Gasteiger partial charge < -0.3 is 15.4 Å². The van der Waals surface area contributed by atoms with Gasteiger partial charge in [0.25, 0.3) is 5.91 Å². The molecule has 35 heavy (non-hydrogen) atoms. The first-order valence-corrected chi connectivity index (χ1v) is 11.1. The summed E-state index contributed by atoms with van der Waals surface area (Å²) in [6.07, 6.45) is 1.51. The van der Waals surface area contributed by atoms with Crippen LogP contribution in [-0.2, 0) is 0 Å². The van der Waals surface area contributed by atoms with Gasteiger partial charge in [-0.25, -0.2) is 14.8 Å². The summed E-state index contributed by atoms with van der Waals surface area (Å²) in [6.45, 7) is 3.73. The number of rotatable bonds is 5. The molecule has 3 aromatic carbocycles.